The van der Waals surface area contributed by atoms with Gasteiger partial charge in [0, 0.05) is 29.0 Å². The van der Waals surface area contributed by atoms with Gasteiger partial charge in [0.05, 0.1) is 23.9 Å². The van der Waals surface area contributed by atoms with Gasteiger partial charge in [-0.3, -0.25) is 4.98 Å². The molecule has 0 unspecified atom stereocenters. The van der Waals surface area contributed by atoms with Crippen molar-refractivity contribution >= 4 is 23.0 Å². The van der Waals surface area contributed by atoms with Crippen LogP contribution in [0.5, 0.6) is 5.75 Å². The first-order valence-corrected chi connectivity index (χ1v) is 13.2. The maximum Gasteiger partial charge on any atom is 0.174 e. The smallest absolute Gasteiger partial charge is 0.174 e. The lowest BCUT2D eigenvalue weighted by Gasteiger charge is -2.28. The first-order chi connectivity index (χ1) is 17.7. The third kappa shape index (κ3) is 4.74. The maximum absolute atomic E-state index is 5.94. The highest BCUT2D eigenvalue weighted by molar-refractivity contribution is 7.80. The number of aromatic nitrogens is 2. The van der Waals surface area contributed by atoms with Crippen LogP contribution in [0.4, 0.5) is 5.69 Å². The Kier molecular flexibility index (Phi) is 6.78. The molecule has 0 aliphatic carbocycles. The maximum atomic E-state index is 5.94. The number of nitrogens with one attached hydrogen (secondary N) is 1. The Bertz CT molecular complexity index is 1430. The van der Waals surface area contributed by atoms with Gasteiger partial charge in [0.2, 0.25) is 0 Å². The predicted molar refractivity (Wildman–Crippen MR) is 155 cm³/mol. The minimum absolute atomic E-state index is 0.0654. The zero-order valence-corrected chi connectivity index (χ0v) is 23.1. The van der Waals surface area contributed by atoms with Gasteiger partial charge in [-0.25, -0.2) is 0 Å². The molecular weight excluding hydrogens is 476 g/mol. The molecule has 1 aliphatic rings. The Morgan fingerprint density at radius 1 is 0.946 bits per heavy atom. The van der Waals surface area contributed by atoms with E-state index in [4.69, 9.17) is 21.9 Å². The van der Waals surface area contributed by atoms with E-state index in [0.29, 0.717) is 5.11 Å². The van der Waals surface area contributed by atoms with Gasteiger partial charge in [-0.1, -0.05) is 18.2 Å². The van der Waals surface area contributed by atoms with E-state index in [9.17, 15) is 0 Å². The summed E-state index contributed by atoms with van der Waals surface area (Å²) in [4.78, 5) is 6.94. The van der Waals surface area contributed by atoms with Crippen LogP contribution in [0.15, 0.2) is 72.9 Å². The van der Waals surface area contributed by atoms with Gasteiger partial charge in [0.15, 0.2) is 5.11 Å². The van der Waals surface area contributed by atoms with E-state index in [1.165, 1.54) is 33.8 Å². The highest BCUT2D eigenvalue weighted by atomic mass is 32.1. The molecule has 1 N–H and O–H groups in total. The van der Waals surface area contributed by atoms with E-state index in [0.717, 1.165) is 17.1 Å². The monoisotopic (exact) mass is 510 g/mol. The SMILES string of the molecule is Cc1ccc(C)c(-n2c(C)cc([C@H]3[C@@H](c4ccccn4)NC(=S)N3c3ccc(OC(C)C)cc3)c2C)c1. The third-order valence-electron chi connectivity index (χ3n) is 6.98. The van der Waals surface area contributed by atoms with Gasteiger partial charge in [-0.15, -0.1) is 0 Å². The van der Waals surface area contributed by atoms with Gasteiger partial charge in [0.1, 0.15) is 5.75 Å². The van der Waals surface area contributed by atoms with Crippen molar-refractivity contribution in [3.63, 3.8) is 0 Å². The molecule has 1 aliphatic heterocycles. The second-order valence-corrected chi connectivity index (χ2v) is 10.5. The summed E-state index contributed by atoms with van der Waals surface area (Å²) in [7, 11) is 0. The van der Waals surface area contributed by atoms with Gasteiger partial charge < -0.3 is 19.5 Å². The Balaban J connectivity index is 1.64. The Morgan fingerprint density at radius 3 is 2.38 bits per heavy atom. The quantitative estimate of drug-likeness (QED) is 0.281. The van der Waals surface area contributed by atoms with Crippen molar-refractivity contribution in [2.45, 2.75) is 59.7 Å². The molecule has 2 atom stereocenters. The summed E-state index contributed by atoms with van der Waals surface area (Å²) in [5, 5.41) is 4.27. The van der Waals surface area contributed by atoms with Crippen molar-refractivity contribution in [2.24, 2.45) is 0 Å². The molecule has 1 saturated heterocycles. The number of ether oxygens (including phenoxy) is 1. The molecule has 2 aromatic carbocycles. The highest BCUT2D eigenvalue weighted by Crippen LogP contribution is 2.44. The largest absolute Gasteiger partial charge is 0.491 e. The fourth-order valence-corrected chi connectivity index (χ4v) is 5.67. The van der Waals surface area contributed by atoms with Crippen LogP contribution in [0.25, 0.3) is 5.69 Å². The van der Waals surface area contributed by atoms with Crippen molar-refractivity contribution in [3.8, 4) is 11.4 Å². The van der Waals surface area contributed by atoms with Crippen molar-refractivity contribution in [1.29, 1.82) is 0 Å². The van der Waals surface area contributed by atoms with Crippen LogP contribution < -0.4 is 15.0 Å². The van der Waals surface area contributed by atoms with Crippen LogP contribution in [-0.2, 0) is 0 Å². The molecule has 0 saturated carbocycles. The Morgan fingerprint density at radius 2 is 1.70 bits per heavy atom. The zero-order chi connectivity index (χ0) is 26.3. The molecule has 190 valence electrons. The van der Waals surface area contributed by atoms with E-state index in [1.807, 2.05) is 44.3 Å². The fourth-order valence-electron chi connectivity index (χ4n) is 5.32. The summed E-state index contributed by atoms with van der Waals surface area (Å²) < 4.78 is 8.26. The summed E-state index contributed by atoms with van der Waals surface area (Å²) in [6.45, 7) is 12.8. The molecule has 0 amide bonds. The first-order valence-electron chi connectivity index (χ1n) is 12.8. The number of hydrogen-bond acceptors (Lipinski definition) is 3. The molecular formula is C31H34N4OS. The van der Waals surface area contributed by atoms with E-state index >= 15 is 0 Å². The van der Waals surface area contributed by atoms with Crippen molar-refractivity contribution < 1.29 is 4.74 Å². The number of anilines is 1. The van der Waals surface area contributed by atoms with Gasteiger partial charge in [0.25, 0.3) is 0 Å². The number of aryl methyl sites for hydroxylation is 3. The molecule has 5 nitrogen and oxygen atoms in total. The van der Waals surface area contributed by atoms with Gasteiger partial charge in [-0.05, 0) is 119 Å². The normalized spacial score (nSPS) is 17.4. The average molecular weight is 511 g/mol. The van der Waals surface area contributed by atoms with Crippen LogP contribution >= 0.6 is 12.2 Å². The molecule has 3 heterocycles. The zero-order valence-electron chi connectivity index (χ0n) is 22.3. The second kappa shape index (κ2) is 10.0. The Labute approximate surface area is 225 Å². The molecule has 2 aromatic heterocycles. The van der Waals surface area contributed by atoms with Crippen molar-refractivity contribution in [2.75, 3.05) is 4.90 Å². The second-order valence-electron chi connectivity index (χ2n) is 10.1. The minimum atomic E-state index is -0.0900. The topological polar surface area (TPSA) is 42.3 Å². The summed E-state index contributed by atoms with van der Waals surface area (Å²) in [6, 6.07) is 23.0. The lowest BCUT2D eigenvalue weighted by atomic mass is 9.96. The number of hydrogen-bond donors (Lipinski definition) is 1. The lowest BCUT2D eigenvalue weighted by Crippen LogP contribution is -2.29. The molecule has 1 fully saturated rings. The van der Waals surface area contributed by atoms with Gasteiger partial charge >= 0.3 is 0 Å². The van der Waals surface area contributed by atoms with Gasteiger partial charge in [-0.2, -0.15) is 0 Å². The van der Waals surface area contributed by atoms with Crippen LogP contribution in [0.3, 0.4) is 0 Å². The first kappa shape index (κ1) is 25.0. The molecule has 37 heavy (non-hydrogen) atoms. The average Bonchev–Trinajstić information content (AvgIpc) is 3.36. The number of pyridine rings is 1. The number of thiocarbonyl (C=S) groups is 1. The van der Waals surface area contributed by atoms with Crippen LogP contribution in [-0.4, -0.2) is 20.8 Å². The van der Waals surface area contributed by atoms with Crippen LogP contribution in [0, 0.1) is 27.7 Å². The number of rotatable bonds is 6. The highest BCUT2D eigenvalue weighted by Gasteiger charge is 2.42. The predicted octanol–water partition coefficient (Wildman–Crippen LogP) is 7.07. The Hall–Kier alpha value is -3.64. The molecule has 0 radical (unpaired) electrons. The fraction of sp³-hybridized carbons (Fsp3) is 0.290. The molecule has 0 bridgehead atoms. The lowest BCUT2D eigenvalue weighted by molar-refractivity contribution is 0.242. The van der Waals surface area contributed by atoms with Crippen molar-refractivity contribution in [1.82, 2.24) is 14.9 Å². The summed E-state index contributed by atoms with van der Waals surface area (Å²) in [6.07, 6.45) is 1.97. The minimum Gasteiger partial charge on any atom is -0.491 e. The summed E-state index contributed by atoms with van der Waals surface area (Å²) in [5.41, 5.74) is 9.32. The van der Waals surface area contributed by atoms with E-state index < -0.39 is 0 Å². The number of nitrogens with zero attached hydrogens (tertiary/aromatic N) is 3. The molecule has 0 spiro atoms. The molecule has 5 rings (SSSR count). The van der Waals surface area contributed by atoms with Crippen LogP contribution in [0.2, 0.25) is 0 Å². The number of benzene rings is 2. The third-order valence-corrected chi connectivity index (χ3v) is 7.29. The standard InChI is InChI=1S/C31H34N4OS/c1-19(2)36-25-14-12-24(13-15-25)35-30(29(33-31(35)37)27-9-7-8-16-32-27)26-18-22(5)34(23(26)6)28-17-20(3)10-11-21(28)4/h7-19,29-30H,1-6H3,(H,33,37)/t29-,30+/m1/s1. The van der Waals surface area contributed by atoms with E-state index in [-0.39, 0.29) is 18.2 Å². The van der Waals surface area contributed by atoms with Crippen LogP contribution in [0.1, 0.15) is 59.7 Å². The van der Waals surface area contributed by atoms with E-state index in [2.05, 4.69) is 84.9 Å². The molecule has 6 heteroatoms. The van der Waals surface area contributed by atoms with Crippen molar-refractivity contribution in [3.05, 3.63) is 107 Å². The molecule has 4 aromatic rings. The van der Waals surface area contributed by atoms with E-state index in [1.54, 1.807) is 0 Å². The summed E-state index contributed by atoms with van der Waals surface area (Å²) in [5.74, 6) is 0.850. The summed E-state index contributed by atoms with van der Waals surface area (Å²) >= 11 is 5.94.